The van der Waals surface area contributed by atoms with Gasteiger partial charge in [0.15, 0.2) is 15.7 Å². The van der Waals surface area contributed by atoms with Crippen LogP contribution in [-0.2, 0) is 25.9 Å². The van der Waals surface area contributed by atoms with Crippen LogP contribution in [0.3, 0.4) is 0 Å². The first-order chi connectivity index (χ1) is 11.9. The van der Waals surface area contributed by atoms with E-state index in [1.165, 1.54) is 16.9 Å². The summed E-state index contributed by atoms with van der Waals surface area (Å²) in [5.41, 5.74) is 0.403. The molecule has 2 heterocycles. The van der Waals surface area contributed by atoms with E-state index >= 15 is 0 Å². The van der Waals surface area contributed by atoms with Crippen LogP contribution < -0.4 is 5.56 Å². The van der Waals surface area contributed by atoms with Gasteiger partial charge in [0, 0.05) is 32.2 Å². The minimum atomic E-state index is -3.37. The molecule has 0 saturated heterocycles. The van der Waals surface area contributed by atoms with Gasteiger partial charge in [0.05, 0.1) is 12.2 Å². The Morgan fingerprint density at radius 1 is 1.32 bits per heavy atom. The monoisotopic (exact) mass is 367 g/mol. The molecule has 0 N–H and O–H groups in total. The molecule has 0 bridgehead atoms. The average Bonchev–Trinajstić information content (AvgIpc) is 3.23. The number of pyridine rings is 1. The molecule has 0 spiro atoms. The van der Waals surface area contributed by atoms with E-state index in [2.05, 4.69) is 10.1 Å². The molecule has 1 aliphatic carbocycles. The van der Waals surface area contributed by atoms with Gasteiger partial charge < -0.3 is 13.8 Å². The largest absolute Gasteiger partial charge is 0.383 e. The summed E-state index contributed by atoms with van der Waals surface area (Å²) in [7, 11) is -1.81. The summed E-state index contributed by atoms with van der Waals surface area (Å²) in [5.74, 6) is 0.410. The molecule has 25 heavy (non-hydrogen) atoms. The number of methoxy groups -OCH3 is 1. The van der Waals surface area contributed by atoms with Gasteiger partial charge in [0.2, 0.25) is 0 Å². The molecular formula is C16H21N3O5S. The first kappa shape index (κ1) is 17.8. The van der Waals surface area contributed by atoms with Crippen LogP contribution in [-0.4, -0.2) is 43.1 Å². The Morgan fingerprint density at radius 2 is 2.04 bits per heavy atom. The van der Waals surface area contributed by atoms with Gasteiger partial charge in [-0.2, -0.15) is 4.98 Å². The molecule has 2 aromatic rings. The highest BCUT2D eigenvalue weighted by molar-refractivity contribution is 7.91. The first-order valence-electron chi connectivity index (χ1n) is 8.11. The van der Waals surface area contributed by atoms with Crippen molar-refractivity contribution in [3.63, 3.8) is 0 Å². The number of aromatic nitrogens is 3. The highest BCUT2D eigenvalue weighted by Crippen LogP contribution is 2.44. The molecule has 0 aromatic carbocycles. The molecule has 0 unspecified atom stereocenters. The molecule has 0 atom stereocenters. The standard InChI is InChI=1S/C16H21N3O5S/c1-23-10-9-19-11-12(5-6-13(19)20)14-17-15(18-24-14)16(25(2,21)22)7-3-4-8-16/h5-6,11H,3-4,7-10H2,1-2H3. The lowest BCUT2D eigenvalue weighted by Gasteiger charge is -2.22. The predicted molar refractivity (Wildman–Crippen MR) is 90.9 cm³/mol. The third-order valence-corrected chi connectivity index (χ3v) is 6.73. The third-order valence-electron chi connectivity index (χ3n) is 4.72. The van der Waals surface area contributed by atoms with Gasteiger partial charge in [0.25, 0.3) is 11.4 Å². The molecule has 3 rings (SSSR count). The maximum Gasteiger partial charge on any atom is 0.259 e. The second kappa shape index (κ2) is 6.72. The molecule has 1 fully saturated rings. The smallest absolute Gasteiger partial charge is 0.259 e. The molecule has 8 nitrogen and oxygen atoms in total. The van der Waals surface area contributed by atoms with Crippen molar-refractivity contribution in [2.45, 2.75) is 37.0 Å². The molecule has 136 valence electrons. The van der Waals surface area contributed by atoms with E-state index < -0.39 is 14.6 Å². The molecule has 0 radical (unpaired) electrons. The van der Waals surface area contributed by atoms with Gasteiger partial charge in [-0.15, -0.1) is 0 Å². The number of hydrogen-bond acceptors (Lipinski definition) is 7. The fourth-order valence-electron chi connectivity index (χ4n) is 3.25. The zero-order chi connectivity index (χ0) is 18.1. The molecule has 2 aromatic heterocycles. The predicted octanol–water partition coefficient (Wildman–Crippen LogP) is 1.36. The van der Waals surface area contributed by atoms with Crippen LogP contribution in [0.15, 0.2) is 27.6 Å². The van der Waals surface area contributed by atoms with Gasteiger partial charge in [-0.1, -0.05) is 18.0 Å². The Labute approximate surface area is 145 Å². The Morgan fingerprint density at radius 3 is 2.68 bits per heavy atom. The summed E-state index contributed by atoms with van der Waals surface area (Å²) in [6, 6.07) is 3.00. The van der Waals surface area contributed by atoms with Crippen LogP contribution in [0, 0.1) is 0 Å². The lowest BCUT2D eigenvalue weighted by atomic mass is 10.1. The van der Waals surface area contributed by atoms with Crippen molar-refractivity contribution in [2.75, 3.05) is 20.0 Å². The van der Waals surface area contributed by atoms with Gasteiger partial charge in [0.1, 0.15) is 4.75 Å². The molecule has 9 heteroatoms. The topological polar surface area (TPSA) is 104 Å². The Kier molecular flexibility index (Phi) is 4.79. The van der Waals surface area contributed by atoms with Crippen molar-refractivity contribution < 1.29 is 17.7 Å². The Bertz CT molecular complexity index is 910. The van der Waals surface area contributed by atoms with Crippen molar-refractivity contribution in [3.8, 4) is 11.5 Å². The lowest BCUT2D eigenvalue weighted by molar-refractivity contribution is 0.186. The number of ether oxygens (including phenoxy) is 1. The molecule has 1 saturated carbocycles. The fraction of sp³-hybridized carbons (Fsp3) is 0.562. The highest BCUT2D eigenvalue weighted by atomic mass is 32.2. The zero-order valence-corrected chi connectivity index (χ0v) is 15.1. The minimum absolute atomic E-state index is 0.163. The number of hydrogen-bond donors (Lipinski definition) is 0. The maximum absolute atomic E-state index is 12.3. The summed E-state index contributed by atoms with van der Waals surface area (Å²) < 4.78 is 35.4. The quantitative estimate of drug-likeness (QED) is 0.759. The van der Waals surface area contributed by atoms with Crippen LogP contribution in [0.25, 0.3) is 11.5 Å². The molecule has 1 aliphatic rings. The third kappa shape index (κ3) is 3.25. The van der Waals surface area contributed by atoms with Crippen LogP contribution >= 0.6 is 0 Å². The van der Waals surface area contributed by atoms with Crippen LogP contribution in [0.5, 0.6) is 0 Å². The number of rotatable bonds is 6. The maximum atomic E-state index is 12.3. The van der Waals surface area contributed by atoms with Gasteiger partial charge in [-0.05, 0) is 18.9 Å². The summed E-state index contributed by atoms with van der Waals surface area (Å²) >= 11 is 0. The van der Waals surface area contributed by atoms with E-state index in [0.29, 0.717) is 31.6 Å². The van der Waals surface area contributed by atoms with Gasteiger partial charge in [-0.3, -0.25) is 4.79 Å². The summed E-state index contributed by atoms with van der Waals surface area (Å²) in [6.07, 6.45) is 5.47. The van der Waals surface area contributed by atoms with Crippen molar-refractivity contribution >= 4 is 9.84 Å². The van der Waals surface area contributed by atoms with Crippen LogP contribution in [0.2, 0.25) is 0 Å². The van der Waals surface area contributed by atoms with E-state index in [1.807, 2.05) is 0 Å². The van der Waals surface area contributed by atoms with Crippen molar-refractivity contribution in [2.24, 2.45) is 0 Å². The SMILES string of the molecule is COCCn1cc(-c2nc(C3(S(C)(=O)=O)CCCC3)no2)ccc1=O. The van der Waals surface area contributed by atoms with Gasteiger partial charge in [-0.25, -0.2) is 8.42 Å². The molecule has 0 aliphatic heterocycles. The summed E-state index contributed by atoms with van der Waals surface area (Å²) in [4.78, 5) is 16.2. The molecular weight excluding hydrogens is 346 g/mol. The zero-order valence-electron chi connectivity index (χ0n) is 14.3. The highest BCUT2D eigenvalue weighted by Gasteiger charge is 2.48. The minimum Gasteiger partial charge on any atom is -0.383 e. The normalized spacial score (nSPS) is 17.0. The number of sulfone groups is 1. The lowest BCUT2D eigenvalue weighted by Crippen LogP contribution is -2.33. The Balaban J connectivity index is 1.98. The van der Waals surface area contributed by atoms with E-state index in [9.17, 15) is 13.2 Å². The van der Waals surface area contributed by atoms with Gasteiger partial charge >= 0.3 is 0 Å². The van der Waals surface area contributed by atoms with Crippen molar-refractivity contribution in [3.05, 3.63) is 34.5 Å². The first-order valence-corrected chi connectivity index (χ1v) is 10.0. The second-order valence-corrected chi connectivity index (χ2v) is 8.66. The van der Waals surface area contributed by atoms with E-state index in [0.717, 1.165) is 12.8 Å². The molecule has 0 amide bonds. The van der Waals surface area contributed by atoms with Crippen LogP contribution in [0.4, 0.5) is 0 Å². The van der Waals surface area contributed by atoms with Crippen molar-refractivity contribution in [1.29, 1.82) is 0 Å². The van der Waals surface area contributed by atoms with Crippen molar-refractivity contribution in [1.82, 2.24) is 14.7 Å². The van der Waals surface area contributed by atoms with Crippen LogP contribution in [0.1, 0.15) is 31.5 Å². The Hall–Kier alpha value is -2.00. The van der Waals surface area contributed by atoms with E-state index in [-0.39, 0.29) is 17.3 Å². The summed E-state index contributed by atoms with van der Waals surface area (Å²) in [5, 5.41) is 3.95. The van der Waals surface area contributed by atoms with E-state index in [4.69, 9.17) is 9.26 Å². The fourth-order valence-corrected chi connectivity index (χ4v) is 4.70. The second-order valence-electron chi connectivity index (χ2n) is 6.34. The number of nitrogens with zero attached hydrogens (tertiary/aromatic N) is 3. The van der Waals surface area contributed by atoms with E-state index in [1.54, 1.807) is 19.4 Å². The summed E-state index contributed by atoms with van der Waals surface area (Å²) in [6.45, 7) is 0.799. The average molecular weight is 367 g/mol.